The lowest BCUT2D eigenvalue weighted by Crippen LogP contribution is -2.50. The summed E-state index contributed by atoms with van der Waals surface area (Å²) in [7, 11) is 1.99. The Morgan fingerprint density at radius 2 is 1.71 bits per heavy atom. The molecule has 0 bridgehead atoms. The molecule has 100 valence electrons. The number of rotatable bonds is 2. The maximum atomic E-state index is 12.3. The molecule has 1 saturated heterocycles. The Bertz CT molecular complexity index is 236. The van der Waals surface area contributed by atoms with Crippen LogP contribution in [0.25, 0.3) is 0 Å². The molecular weight excluding hydrogens is 236 g/mol. The average Bonchev–Trinajstić information content (AvgIpc) is 2.39. The minimum atomic E-state index is 0. The number of nitrogens with zero attached hydrogens (tertiary/aromatic N) is 1. The quantitative estimate of drug-likeness (QED) is 0.827. The molecule has 17 heavy (non-hydrogen) atoms. The second-order valence-corrected chi connectivity index (χ2v) is 5.24. The predicted octanol–water partition coefficient (Wildman–Crippen LogP) is 2.34. The van der Waals surface area contributed by atoms with E-state index in [1.807, 2.05) is 11.9 Å². The Labute approximate surface area is 111 Å². The molecule has 1 atom stereocenters. The Kier molecular flexibility index (Phi) is 6.28. The van der Waals surface area contributed by atoms with Crippen molar-refractivity contribution in [1.29, 1.82) is 0 Å². The molecule has 2 aliphatic rings. The van der Waals surface area contributed by atoms with Crippen LogP contribution in [0.3, 0.4) is 0 Å². The molecule has 0 aromatic carbocycles. The summed E-state index contributed by atoms with van der Waals surface area (Å²) in [4.78, 5) is 14.3. The van der Waals surface area contributed by atoms with Crippen LogP contribution in [-0.4, -0.2) is 36.5 Å². The standard InChI is InChI=1S/C13H24N2O.ClH/c1-15(11-7-3-2-4-8-11)13(16)12-9-5-6-10-14-12;/h11-12,14H,2-10H2,1H3;1H. The molecule has 0 aromatic heterocycles. The smallest absolute Gasteiger partial charge is 0.239 e. The molecule has 1 aliphatic heterocycles. The molecule has 2 fully saturated rings. The third-order valence-electron chi connectivity index (χ3n) is 4.08. The summed E-state index contributed by atoms with van der Waals surface area (Å²) < 4.78 is 0. The monoisotopic (exact) mass is 260 g/mol. The van der Waals surface area contributed by atoms with Crippen molar-refractivity contribution in [2.45, 2.75) is 63.5 Å². The van der Waals surface area contributed by atoms with E-state index in [9.17, 15) is 4.79 Å². The lowest BCUT2D eigenvalue weighted by molar-refractivity contribution is -0.135. The van der Waals surface area contributed by atoms with Crippen LogP contribution in [-0.2, 0) is 4.79 Å². The van der Waals surface area contributed by atoms with Crippen molar-refractivity contribution in [1.82, 2.24) is 10.2 Å². The number of halogens is 1. The van der Waals surface area contributed by atoms with Gasteiger partial charge in [0.25, 0.3) is 0 Å². The Balaban J connectivity index is 0.00000144. The summed E-state index contributed by atoms with van der Waals surface area (Å²) in [5.41, 5.74) is 0. The van der Waals surface area contributed by atoms with Gasteiger partial charge in [-0.25, -0.2) is 0 Å². The minimum Gasteiger partial charge on any atom is -0.341 e. The van der Waals surface area contributed by atoms with E-state index in [0.29, 0.717) is 11.9 Å². The zero-order valence-corrected chi connectivity index (χ0v) is 11.6. The fourth-order valence-corrected chi connectivity index (χ4v) is 2.96. The molecule has 0 aromatic rings. The Morgan fingerprint density at radius 1 is 1.06 bits per heavy atom. The van der Waals surface area contributed by atoms with E-state index in [1.165, 1.54) is 44.9 Å². The van der Waals surface area contributed by atoms with Crippen LogP contribution >= 0.6 is 12.4 Å². The molecule has 1 amide bonds. The highest BCUT2D eigenvalue weighted by Gasteiger charge is 2.28. The summed E-state index contributed by atoms with van der Waals surface area (Å²) in [6, 6.07) is 0.602. The molecule has 1 unspecified atom stereocenters. The first-order chi connectivity index (χ1) is 7.79. The number of carbonyl (C=O) groups is 1. The van der Waals surface area contributed by atoms with E-state index >= 15 is 0 Å². The van der Waals surface area contributed by atoms with E-state index in [4.69, 9.17) is 0 Å². The fraction of sp³-hybridized carbons (Fsp3) is 0.923. The van der Waals surface area contributed by atoms with Crippen LogP contribution in [0.1, 0.15) is 51.4 Å². The Hall–Kier alpha value is -0.280. The number of nitrogens with one attached hydrogen (secondary N) is 1. The zero-order valence-electron chi connectivity index (χ0n) is 10.8. The fourth-order valence-electron chi connectivity index (χ4n) is 2.96. The minimum absolute atomic E-state index is 0. The number of piperidine rings is 1. The van der Waals surface area contributed by atoms with Gasteiger partial charge in [-0.2, -0.15) is 0 Å². The molecule has 1 aliphatic carbocycles. The largest absolute Gasteiger partial charge is 0.341 e. The van der Waals surface area contributed by atoms with Gasteiger partial charge in [0, 0.05) is 13.1 Å². The highest BCUT2D eigenvalue weighted by molar-refractivity contribution is 5.85. The summed E-state index contributed by atoms with van der Waals surface area (Å²) in [6.07, 6.45) is 9.78. The molecule has 0 spiro atoms. The second-order valence-electron chi connectivity index (χ2n) is 5.24. The SMILES string of the molecule is CN(C(=O)C1CCCCN1)C1CCCCC1.Cl. The third-order valence-corrected chi connectivity index (χ3v) is 4.08. The summed E-state index contributed by atoms with van der Waals surface area (Å²) in [5.74, 6) is 0.326. The molecule has 1 saturated carbocycles. The highest BCUT2D eigenvalue weighted by Crippen LogP contribution is 2.22. The summed E-state index contributed by atoms with van der Waals surface area (Å²) >= 11 is 0. The van der Waals surface area contributed by atoms with Crippen molar-refractivity contribution in [2.75, 3.05) is 13.6 Å². The van der Waals surface area contributed by atoms with Gasteiger partial charge < -0.3 is 10.2 Å². The van der Waals surface area contributed by atoms with Crippen LogP contribution in [0.4, 0.5) is 0 Å². The Morgan fingerprint density at radius 3 is 2.29 bits per heavy atom. The molecule has 4 heteroatoms. The van der Waals surface area contributed by atoms with E-state index in [2.05, 4.69) is 5.32 Å². The summed E-state index contributed by atoms with van der Waals surface area (Å²) in [5, 5.41) is 3.35. The van der Waals surface area contributed by atoms with Gasteiger partial charge in [0.2, 0.25) is 5.91 Å². The van der Waals surface area contributed by atoms with Crippen LogP contribution in [0.5, 0.6) is 0 Å². The first kappa shape index (κ1) is 14.8. The average molecular weight is 261 g/mol. The molecule has 1 N–H and O–H groups in total. The zero-order chi connectivity index (χ0) is 11.4. The van der Waals surface area contributed by atoms with Gasteiger partial charge in [-0.05, 0) is 32.2 Å². The maximum absolute atomic E-state index is 12.3. The van der Waals surface area contributed by atoms with Gasteiger partial charge in [-0.1, -0.05) is 25.7 Å². The first-order valence-electron chi connectivity index (χ1n) is 6.79. The first-order valence-corrected chi connectivity index (χ1v) is 6.79. The van der Waals surface area contributed by atoms with Crippen LogP contribution in [0.15, 0.2) is 0 Å². The van der Waals surface area contributed by atoms with Gasteiger partial charge >= 0.3 is 0 Å². The van der Waals surface area contributed by atoms with E-state index < -0.39 is 0 Å². The highest BCUT2D eigenvalue weighted by atomic mass is 35.5. The number of likely N-dealkylation sites (N-methyl/N-ethyl adjacent to an activating group) is 1. The van der Waals surface area contributed by atoms with Gasteiger partial charge in [0.05, 0.1) is 6.04 Å². The van der Waals surface area contributed by atoms with E-state index in [0.717, 1.165) is 13.0 Å². The molecule has 3 nitrogen and oxygen atoms in total. The topological polar surface area (TPSA) is 32.3 Å². The van der Waals surface area contributed by atoms with Crippen molar-refractivity contribution in [3.63, 3.8) is 0 Å². The lowest BCUT2D eigenvalue weighted by atomic mass is 9.93. The predicted molar refractivity (Wildman–Crippen MR) is 72.5 cm³/mol. The maximum Gasteiger partial charge on any atom is 0.239 e. The van der Waals surface area contributed by atoms with Gasteiger partial charge in [0.15, 0.2) is 0 Å². The third kappa shape index (κ3) is 3.85. The number of hydrogen-bond donors (Lipinski definition) is 1. The number of amides is 1. The van der Waals surface area contributed by atoms with Crippen LogP contribution in [0.2, 0.25) is 0 Å². The van der Waals surface area contributed by atoms with Gasteiger partial charge in [0.1, 0.15) is 0 Å². The normalized spacial score (nSPS) is 26.1. The second kappa shape index (κ2) is 7.22. The lowest BCUT2D eigenvalue weighted by Gasteiger charge is -2.35. The molecule has 2 rings (SSSR count). The van der Waals surface area contributed by atoms with Crippen molar-refractivity contribution in [2.24, 2.45) is 0 Å². The van der Waals surface area contributed by atoms with Gasteiger partial charge in [-0.3, -0.25) is 4.79 Å². The molecule has 1 heterocycles. The molecule has 0 radical (unpaired) electrons. The van der Waals surface area contributed by atoms with Crippen molar-refractivity contribution < 1.29 is 4.79 Å². The van der Waals surface area contributed by atoms with Crippen molar-refractivity contribution >= 4 is 18.3 Å². The number of carbonyl (C=O) groups excluding carboxylic acids is 1. The van der Waals surface area contributed by atoms with Crippen LogP contribution < -0.4 is 5.32 Å². The van der Waals surface area contributed by atoms with E-state index in [1.54, 1.807) is 0 Å². The summed E-state index contributed by atoms with van der Waals surface area (Å²) in [6.45, 7) is 1.01. The van der Waals surface area contributed by atoms with Gasteiger partial charge in [-0.15, -0.1) is 12.4 Å². The molecular formula is C13H25ClN2O. The van der Waals surface area contributed by atoms with Crippen LogP contribution in [0, 0.1) is 0 Å². The number of hydrogen-bond acceptors (Lipinski definition) is 2. The van der Waals surface area contributed by atoms with E-state index in [-0.39, 0.29) is 18.4 Å². The van der Waals surface area contributed by atoms with Crippen molar-refractivity contribution in [3.05, 3.63) is 0 Å². The van der Waals surface area contributed by atoms with Crippen molar-refractivity contribution in [3.8, 4) is 0 Å².